The Hall–Kier alpha value is -0.920. The average Bonchev–Trinajstić information content (AvgIpc) is 3.01. The predicted molar refractivity (Wildman–Crippen MR) is 85.8 cm³/mol. The summed E-state index contributed by atoms with van der Waals surface area (Å²) in [5.74, 6) is 0.996. The first-order valence-corrected chi connectivity index (χ1v) is 8.99. The zero-order valence-corrected chi connectivity index (χ0v) is 14.0. The van der Waals surface area contributed by atoms with Gasteiger partial charge in [0.2, 0.25) is 0 Å². The van der Waals surface area contributed by atoms with E-state index in [0.717, 1.165) is 15.4 Å². The molecule has 1 aromatic carbocycles. The number of fused-ring (bicyclic) bond motifs is 1. The van der Waals surface area contributed by atoms with E-state index < -0.39 is 0 Å². The minimum absolute atomic E-state index is 0.407. The SMILES string of the molecule is CC(C)SSc1nnc(-c2cc3cc(Br)ccc3o2)o1. The van der Waals surface area contributed by atoms with Crippen LogP contribution in [0.4, 0.5) is 0 Å². The Morgan fingerprint density at radius 2 is 2.00 bits per heavy atom. The number of furan rings is 1. The van der Waals surface area contributed by atoms with E-state index in [0.29, 0.717) is 22.1 Å². The summed E-state index contributed by atoms with van der Waals surface area (Å²) in [6, 6.07) is 7.73. The molecule has 20 heavy (non-hydrogen) atoms. The lowest BCUT2D eigenvalue weighted by Crippen LogP contribution is -1.80. The van der Waals surface area contributed by atoms with Crippen LogP contribution >= 0.6 is 37.5 Å². The van der Waals surface area contributed by atoms with Crippen molar-refractivity contribution in [2.75, 3.05) is 0 Å². The van der Waals surface area contributed by atoms with E-state index in [1.807, 2.05) is 24.3 Å². The van der Waals surface area contributed by atoms with Crippen molar-refractivity contribution >= 4 is 48.5 Å². The third kappa shape index (κ3) is 3.05. The van der Waals surface area contributed by atoms with Crippen molar-refractivity contribution < 1.29 is 8.83 Å². The summed E-state index contributed by atoms with van der Waals surface area (Å²) in [5, 5.41) is 10.1. The van der Waals surface area contributed by atoms with Gasteiger partial charge in [0.25, 0.3) is 11.1 Å². The molecular formula is C13H11BrN2O2S2. The van der Waals surface area contributed by atoms with Crippen molar-refractivity contribution in [2.24, 2.45) is 0 Å². The summed E-state index contributed by atoms with van der Waals surface area (Å²) >= 11 is 3.44. The van der Waals surface area contributed by atoms with Gasteiger partial charge in [-0.05, 0) is 24.3 Å². The molecule has 0 aliphatic carbocycles. The van der Waals surface area contributed by atoms with Gasteiger partial charge in [-0.2, -0.15) is 0 Å². The Labute approximate surface area is 132 Å². The van der Waals surface area contributed by atoms with Gasteiger partial charge in [-0.3, -0.25) is 0 Å². The Bertz CT molecular complexity index is 739. The molecule has 0 fully saturated rings. The van der Waals surface area contributed by atoms with Gasteiger partial charge < -0.3 is 8.83 Å². The highest BCUT2D eigenvalue weighted by Gasteiger charge is 2.14. The Balaban J connectivity index is 1.87. The Kier molecular flexibility index (Phi) is 4.09. The van der Waals surface area contributed by atoms with Crippen molar-refractivity contribution in [3.63, 3.8) is 0 Å². The molecule has 7 heteroatoms. The second-order valence-corrected chi connectivity index (χ2v) is 8.04. The van der Waals surface area contributed by atoms with Crippen LogP contribution in [0.3, 0.4) is 0 Å². The zero-order valence-electron chi connectivity index (χ0n) is 10.8. The highest BCUT2D eigenvalue weighted by Crippen LogP contribution is 2.35. The van der Waals surface area contributed by atoms with E-state index in [9.17, 15) is 0 Å². The second kappa shape index (κ2) is 5.83. The molecule has 3 aromatic rings. The first-order chi connectivity index (χ1) is 9.61. The van der Waals surface area contributed by atoms with E-state index in [4.69, 9.17) is 8.83 Å². The van der Waals surface area contributed by atoms with Crippen molar-refractivity contribution in [3.8, 4) is 11.7 Å². The number of halogens is 1. The van der Waals surface area contributed by atoms with Gasteiger partial charge in [0.1, 0.15) is 5.58 Å². The maximum atomic E-state index is 5.71. The quantitative estimate of drug-likeness (QED) is 0.573. The minimum Gasteiger partial charge on any atom is -0.451 e. The average molecular weight is 371 g/mol. The summed E-state index contributed by atoms with van der Waals surface area (Å²) in [6.45, 7) is 4.23. The van der Waals surface area contributed by atoms with E-state index in [1.165, 1.54) is 10.8 Å². The van der Waals surface area contributed by atoms with Crippen molar-refractivity contribution in [3.05, 3.63) is 28.7 Å². The first-order valence-electron chi connectivity index (χ1n) is 5.98. The van der Waals surface area contributed by atoms with Crippen LogP contribution in [-0.4, -0.2) is 15.4 Å². The van der Waals surface area contributed by atoms with Crippen molar-refractivity contribution in [1.29, 1.82) is 0 Å². The fourth-order valence-corrected chi connectivity index (χ4v) is 3.47. The van der Waals surface area contributed by atoms with Crippen LogP contribution in [0, 0.1) is 0 Å². The third-order valence-electron chi connectivity index (χ3n) is 2.41. The van der Waals surface area contributed by atoms with Crippen LogP contribution in [0.25, 0.3) is 22.6 Å². The lowest BCUT2D eigenvalue weighted by molar-refractivity contribution is 0.453. The number of hydrogen-bond donors (Lipinski definition) is 0. The van der Waals surface area contributed by atoms with Crippen LogP contribution < -0.4 is 0 Å². The molecule has 2 aromatic heterocycles. The third-order valence-corrected chi connectivity index (χ3v) is 5.56. The Morgan fingerprint density at radius 3 is 2.80 bits per heavy atom. The summed E-state index contributed by atoms with van der Waals surface area (Å²) < 4.78 is 12.3. The van der Waals surface area contributed by atoms with Crippen LogP contribution in [0.1, 0.15) is 13.8 Å². The lowest BCUT2D eigenvalue weighted by Gasteiger charge is -1.97. The molecular weight excluding hydrogens is 360 g/mol. The predicted octanol–water partition coefficient (Wildman–Crippen LogP) is 5.39. The van der Waals surface area contributed by atoms with E-state index in [1.54, 1.807) is 10.8 Å². The Morgan fingerprint density at radius 1 is 1.15 bits per heavy atom. The molecule has 0 aliphatic rings. The molecule has 0 bridgehead atoms. The summed E-state index contributed by atoms with van der Waals surface area (Å²) in [6.07, 6.45) is 0. The molecule has 0 unspecified atom stereocenters. The molecule has 104 valence electrons. The molecule has 3 rings (SSSR count). The van der Waals surface area contributed by atoms with Gasteiger partial charge in [0.15, 0.2) is 5.76 Å². The van der Waals surface area contributed by atoms with Crippen LogP contribution in [0.5, 0.6) is 0 Å². The number of nitrogens with zero attached hydrogens (tertiary/aromatic N) is 2. The highest BCUT2D eigenvalue weighted by atomic mass is 79.9. The maximum Gasteiger partial charge on any atom is 0.287 e. The fraction of sp³-hybridized carbons (Fsp3) is 0.231. The molecule has 0 saturated carbocycles. The van der Waals surface area contributed by atoms with Gasteiger partial charge in [0, 0.05) is 25.9 Å². The second-order valence-electron chi connectivity index (χ2n) is 4.39. The monoisotopic (exact) mass is 370 g/mol. The smallest absolute Gasteiger partial charge is 0.287 e. The van der Waals surface area contributed by atoms with Gasteiger partial charge in [-0.15, -0.1) is 5.10 Å². The number of rotatable bonds is 4. The largest absolute Gasteiger partial charge is 0.451 e. The molecule has 4 nitrogen and oxygen atoms in total. The fourth-order valence-electron chi connectivity index (χ4n) is 1.60. The van der Waals surface area contributed by atoms with Crippen LogP contribution in [-0.2, 0) is 0 Å². The van der Waals surface area contributed by atoms with Gasteiger partial charge in [-0.25, -0.2) is 0 Å². The molecule has 0 radical (unpaired) electrons. The molecule has 0 atom stereocenters. The number of aromatic nitrogens is 2. The van der Waals surface area contributed by atoms with Crippen molar-refractivity contribution in [1.82, 2.24) is 10.2 Å². The van der Waals surface area contributed by atoms with E-state index >= 15 is 0 Å². The van der Waals surface area contributed by atoms with Crippen LogP contribution in [0.2, 0.25) is 0 Å². The molecule has 2 heterocycles. The van der Waals surface area contributed by atoms with Gasteiger partial charge >= 0.3 is 0 Å². The minimum atomic E-state index is 0.407. The lowest BCUT2D eigenvalue weighted by atomic mass is 10.2. The highest BCUT2D eigenvalue weighted by molar-refractivity contribution is 9.10. The molecule has 0 aliphatic heterocycles. The normalized spacial score (nSPS) is 11.6. The molecule has 0 spiro atoms. The number of hydrogen-bond acceptors (Lipinski definition) is 6. The standard InChI is InChI=1S/C13H11BrN2O2S2/c1-7(2)19-20-13-16-15-12(18-13)11-6-8-5-9(14)3-4-10(8)17-11/h3-7H,1-2H3. The van der Waals surface area contributed by atoms with Crippen LogP contribution in [0.15, 0.2) is 42.8 Å². The molecule has 0 N–H and O–H groups in total. The zero-order chi connectivity index (χ0) is 14.1. The van der Waals surface area contributed by atoms with E-state index in [-0.39, 0.29) is 0 Å². The summed E-state index contributed by atoms with van der Waals surface area (Å²) in [4.78, 5) is 0. The van der Waals surface area contributed by atoms with Gasteiger partial charge in [0.05, 0.1) is 0 Å². The maximum absolute atomic E-state index is 5.71. The molecule has 0 amide bonds. The molecule has 0 saturated heterocycles. The van der Waals surface area contributed by atoms with Gasteiger partial charge in [-0.1, -0.05) is 45.7 Å². The first kappa shape index (κ1) is 14.0. The number of benzene rings is 1. The topological polar surface area (TPSA) is 52.1 Å². The summed E-state index contributed by atoms with van der Waals surface area (Å²) in [7, 11) is 3.16. The summed E-state index contributed by atoms with van der Waals surface area (Å²) in [5.41, 5.74) is 0.798. The van der Waals surface area contributed by atoms with Crippen molar-refractivity contribution in [2.45, 2.75) is 24.3 Å². The van der Waals surface area contributed by atoms with E-state index in [2.05, 4.69) is 40.0 Å².